The second-order valence-corrected chi connectivity index (χ2v) is 5.30. The number of fused-ring (bicyclic) bond motifs is 1. The van der Waals surface area contributed by atoms with Crippen molar-refractivity contribution in [2.24, 2.45) is 0 Å². The van der Waals surface area contributed by atoms with Crippen molar-refractivity contribution in [1.29, 1.82) is 0 Å². The molecule has 0 atom stereocenters. The van der Waals surface area contributed by atoms with Crippen molar-refractivity contribution < 1.29 is 24.2 Å². The van der Waals surface area contributed by atoms with Crippen molar-refractivity contribution in [2.45, 2.75) is 19.3 Å². The third-order valence-electron chi connectivity index (χ3n) is 2.92. The van der Waals surface area contributed by atoms with Gasteiger partial charge in [-0.15, -0.1) is 11.3 Å². The summed E-state index contributed by atoms with van der Waals surface area (Å²) in [6, 6.07) is 0. The molecule has 0 saturated heterocycles. The zero-order valence-electron chi connectivity index (χ0n) is 10.7. The summed E-state index contributed by atoms with van der Waals surface area (Å²) in [5.74, 6) is -2.58. The van der Waals surface area contributed by atoms with Crippen LogP contribution in [0.5, 0.6) is 0 Å². The number of carbonyl (C=O) groups is 3. The molecule has 7 heteroatoms. The second kappa shape index (κ2) is 5.87. The van der Waals surface area contributed by atoms with Gasteiger partial charge in [0.25, 0.3) is 0 Å². The topological polar surface area (TPSA) is 95.5 Å². The SMILES string of the molecule is COC(=O)c1c(NC(=O)/C=C/C(=O)[O-])sc2c1CCC2. The van der Waals surface area contributed by atoms with E-state index in [-0.39, 0.29) is 0 Å². The Balaban J connectivity index is 2.26. The molecule has 20 heavy (non-hydrogen) atoms. The van der Waals surface area contributed by atoms with Gasteiger partial charge in [0.15, 0.2) is 0 Å². The molecule has 0 bridgehead atoms. The molecule has 0 saturated carbocycles. The fraction of sp³-hybridized carbons (Fsp3) is 0.308. The molecule has 1 amide bonds. The van der Waals surface area contributed by atoms with E-state index in [4.69, 9.17) is 4.74 Å². The van der Waals surface area contributed by atoms with Gasteiger partial charge in [-0.1, -0.05) is 0 Å². The monoisotopic (exact) mass is 294 g/mol. The van der Waals surface area contributed by atoms with Crippen molar-refractivity contribution in [3.63, 3.8) is 0 Å². The molecule has 0 spiro atoms. The number of nitrogens with one attached hydrogen (secondary N) is 1. The summed E-state index contributed by atoms with van der Waals surface area (Å²) < 4.78 is 4.73. The summed E-state index contributed by atoms with van der Waals surface area (Å²) in [6.07, 6.45) is 4.11. The number of rotatable bonds is 4. The molecule has 0 aliphatic heterocycles. The van der Waals surface area contributed by atoms with Gasteiger partial charge in [-0.25, -0.2) is 4.79 Å². The third-order valence-corrected chi connectivity index (χ3v) is 4.13. The first-order valence-corrected chi connectivity index (χ1v) is 6.77. The highest BCUT2D eigenvalue weighted by Gasteiger charge is 2.27. The lowest BCUT2D eigenvalue weighted by Gasteiger charge is -2.05. The predicted molar refractivity (Wildman–Crippen MR) is 70.5 cm³/mol. The average Bonchev–Trinajstić information content (AvgIpc) is 2.95. The molecule has 1 heterocycles. The number of esters is 1. The number of carbonyl (C=O) groups excluding carboxylic acids is 3. The lowest BCUT2D eigenvalue weighted by Crippen LogP contribution is -2.20. The molecule has 1 aromatic rings. The standard InChI is InChI=1S/C13H13NO5S/c1-19-13(18)11-7-3-2-4-8(7)20-12(11)14-9(15)5-6-10(16)17/h5-6H,2-4H2,1H3,(H,14,15)(H,16,17)/p-1/b6-5+. The van der Waals surface area contributed by atoms with Gasteiger partial charge in [0, 0.05) is 11.0 Å². The molecule has 0 radical (unpaired) electrons. The average molecular weight is 294 g/mol. The first-order chi connectivity index (χ1) is 9.52. The molecule has 106 valence electrons. The van der Waals surface area contributed by atoms with E-state index in [0.717, 1.165) is 35.8 Å². The highest BCUT2D eigenvalue weighted by atomic mass is 32.1. The van der Waals surface area contributed by atoms with E-state index < -0.39 is 17.8 Å². The van der Waals surface area contributed by atoms with E-state index in [1.54, 1.807) is 0 Å². The van der Waals surface area contributed by atoms with Gasteiger partial charge in [-0.3, -0.25) is 4.79 Å². The molecule has 1 aliphatic carbocycles. The van der Waals surface area contributed by atoms with Crippen LogP contribution < -0.4 is 10.4 Å². The smallest absolute Gasteiger partial charge is 0.341 e. The minimum absolute atomic E-state index is 0.375. The summed E-state index contributed by atoms with van der Waals surface area (Å²) in [6.45, 7) is 0. The van der Waals surface area contributed by atoms with E-state index in [2.05, 4.69) is 5.32 Å². The number of methoxy groups -OCH3 is 1. The number of aryl methyl sites for hydroxylation is 1. The molecule has 2 rings (SSSR count). The zero-order valence-corrected chi connectivity index (χ0v) is 11.5. The number of hydrogen-bond donors (Lipinski definition) is 1. The molecule has 0 unspecified atom stereocenters. The maximum atomic E-state index is 11.8. The highest BCUT2D eigenvalue weighted by Crippen LogP contribution is 2.39. The van der Waals surface area contributed by atoms with Gasteiger partial charge >= 0.3 is 5.97 Å². The second-order valence-electron chi connectivity index (χ2n) is 4.19. The van der Waals surface area contributed by atoms with E-state index in [1.807, 2.05) is 0 Å². The van der Waals surface area contributed by atoms with E-state index in [9.17, 15) is 19.5 Å². The van der Waals surface area contributed by atoms with Crippen LogP contribution in [0, 0.1) is 0 Å². The number of amides is 1. The van der Waals surface area contributed by atoms with Crippen LogP contribution >= 0.6 is 11.3 Å². The molecular formula is C13H12NO5S-. The van der Waals surface area contributed by atoms with Gasteiger partial charge in [-0.05, 0) is 30.9 Å². The first kappa shape index (κ1) is 14.3. The van der Waals surface area contributed by atoms with Gasteiger partial charge in [0.05, 0.1) is 18.6 Å². The van der Waals surface area contributed by atoms with Crippen LogP contribution in [0.15, 0.2) is 12.2 Å². The molecular weight excluding hydrogens is 282 g/mol. The highest BCUT2D eigenvalue weighted by molar-refractivity contribution is 7.17. The summed E-state index contributed by atoms with van der Waals surface area (Å²) in [4.78, 5) is 34.7. The van der Waals surface area contributed by atoms with E-state index >= 15 is 0 Å². The third kappa shape index (κ3) is 2.88. The van der Waals surface area contributed by atoms with Crippen molar-refractivity contribution in [3.8, 4) is 0 Å². The van der Waals surface area contributed by atoms with Gasteiger partial charge < -0.3 is 20.0 Å². The lowest BCUT2D eigenvalue weighted by molar-refractivity contribution is -0.297. The molecule has 0 fully saturated rings. The fourth-order valence-electron chi connectivity index (χ4n) is 2.11. The van der Waals surface area contributed by atoms with Crippen LogP contribution in [-0.4, -0.2) is 25.0 Å². The molecule has 0 aromatic carbocycles. The largest absolute Gasteiger partial charge is 0.545 e. The number of thiophene rings is 1. The number of ether oxygens (including phenoxy) is 1. The summed E-state index contributed by atoms with van der Waals surface area (Å²) in [5, 5.41) is 13.2. The van der Waals surface area contributed by atoms with Crippen molar-refractivity contribution >= 4 is 34.2 Å². The number of aliphatic carboxylic acids is 1. The Bertz CT molecular complexity index is 602. The zero-order chi connectivity index (χ0) is 14.7. The van der Waals surface area contributed by atoms with Crippen molar-refractivity contribution in [1.82, 2.24) is 0 Å². The quantitative estimate of drug-likeness (QED) is 0.635. The van der Waals surface area contributed by atoms with E-state index in [1.165, 1.54) is 18.4 Å². The number of anilines is 1. The number of hydrogen-bond acceptors (Lipinski definition) is 6. The Labute approximate surface area is 119 Å². The van der Waals surface area contributed by atoms with Crippen molar-refractivity contribution in [3.05, 3.63) is 28.2 Å². The molecule has 6 nitrogen and oxygen atoms in total. The van der Waals surface area contributed by atoms with Crippen molar-refractivity contribution in [2.75, 3.05) is 12.4 Å². The maximum Gasteiger partial charge on any atom is 0.341 e. The van der Waals surface area contributed by atoms with Crippen LogP contribution in [0.25, 0.3) is 0 Å². The van der Waals surface area contributed by atoms with Crippen LogP contribution in [0.4, 0.5) is 5.00 Å². The Morgan fingerprint density at radius 2 is 2.05 bits per heavy atom. The van der Waals surface area contributed by atoms with Gasteiger partial charge in [0.2, 0.25) is 5.91 Å². The summed E-state index contributed by atoms with van der Waals surface area (Å²) >= 11 is 1.33. The van der Waals surface area contributed by atoms with Crippen LogP contribution in [-0.2, 0) is 27.2 Å². The minimum atomic E-state index is -1.46. The number of carboxylic acids is 1. The summed E-state index contributed by atoms with van der Waals surface area (Å²) in [7, 11) is 1.28. The van der Waals surface area contributed by atoms with E-state index in [0.29, 0.717) is 16.6 Å². The van der Waals surface area contributed by atoms with Crippen LogP contribution in [0.2, 0.25) is 0 Å². The van der Waals surface area contributed by atoms with Gasteiger partial charge in [-0.2, -0.15) is 0 Å². The normalized spacial score (nSPS) is 13.2. The first-order valence-electron chi connectivity index (χ1n) is 5.95. The predicted octanol–water partition coefficient (Wildman–Crippen LogP) is 0.268. The Kier molecular flexibility index (Phi) is 4.19. The van der Waals surface area contributed by atoms with Crippen LogP contribution in [0.3, 0.4) is 0 Å². The lowest BCUT2D eigenvalue weighted by atomic mass is 10.1. The number of carboxylic acid groups (broad SMARTS) is 1. The Morgan fingerprint density at radius 1 is 1.30 bits per heavy atom. The Morgan fingerprint density at radius 3 is 2.70 bits per heavy atom. The molecule has 1 aromatic heterocycles. The Hall–Kier alpha value is -2.15. The fourth-order valence-corrected chi connectivity index (χ4v) is 3.39. The molecule has 1 aliphatic rings. The molecule has 1 N–H and O–H groups in total. The summed E-state index contributed by atoms with van der Waals surface area (Å²) in [5.41, 5.74) is 1.29. The van der Waals surface area contributed by atoms with Crippen LogP contribution in [0.1, 0.15) is 27.2 Å². The maximum absolute atomic E-state index is 11.8. The minimum Gasteiger partial charge on any atom is -0.545 e. The van der Waals surface area contributed by atoms with Gasteiger partial charge in [0.1, 0.15) is 5.00 Å².